The lowest BCUT2D eigenvalue weighted by molar-refractivity contribution is -0.113. The van der Waals surface area contributed by atoms with Gasteiger partial charge in [0.05, 0.1) is 31.1 Å². The van der Waals surface area contributed by atoms with Crippen molar-refractivity contribution in [3.63, 3.8) is 0 Å². The molecule has 10 nitrogen and oxygen atoms in total. The number of anilines is 2. The summed E-state index contributed by atoms with van der Waals surface area (Å²) in [6, 6.07) is 12.1. The van der Waals surface area contributed by atoms with Crippen molar-refractivity contribution in [2.45, 2.75) is 5.16 Å². The summed E-state index contributed by atoms with van der Waals surface area (Å²) in [7, 11) is 8.22. The summed E-state index contributed by atoms with van der Waals surface area (Å²) in [6.45, 7) is 0. The highest BCUT2D eigenvalue weighted by atomic mass is 32.2. The largest absolute Gasteiger partial charge is 0.465 e. The number of hydrogen-bond acceptors (Lipinski definition) is 9. The van der Waals surface area contributed by atoms with Crippen molar-refractivity contribution in [2.75, 3.05) is 44.3 Å². The minimum atomic E-state index is -0.638. The SMILES string of the molecule is COC(=O)c1cc(NC(=O)CSc2nnc(-c3cccc(N(C)C)c3)n2C)cc(C(=O)OC)c1. The summed E-state index contributed by atoms with van der Waals surface area (Å²) in [5.41, 5.74) is 2.45. The van der Waals surface area contributed by atoms with Crippen LogP contribution in [0.25, 0.3) is 11.4 Å². The fourth-order valence-electron chi connectivity index (χ4n) is 3.11. The van der Waals surface area contributed by atoms with Gasteiger partial charge >= 0.3 is 11.9 Å². The lowest BCUT2D eigenvalue weighted by atomic mass is 10.1. The molecule has 1 amide bonds. The van der Waals surface area contributed by atoms with E-state index in [1.165, 1.54) is 44.2 Å². The maximum Gasteiger partial charge on any atom is 0.337 e. The van der Waals surface area contributed by atoms with Crippen molar-refractivity contribution in [3.05, 3.63) is 53.6 Å². The molecule has 2 aromatic carbocycles. The Kier molecular flexibility index (Phi) is 7.90. The number of ether oxygens (including phenoxy) is 2. The Bertz CT molecular complexity index is 1190. The number of nitrogens with zero attached hydrogens (tertiary/aromatic N) is 4. The zero-order valence-corrected chi connectivity index (χ0v) is 20.3. The Morgan fingerprint density at radius 2 is 1.65 bits per heavy atom. The normalized spacial score (nSPS) is 10.5. The van der Waals surface area contributed by atoms with Gasteiger partial charge in [0.25, 0.3) is 0 Å². The molecule has 0 bridgehead atoms. The van der Waals surface area contributed by atoms with E-state index in [4.69, 9.17) is 9.47 Å². The molecule has 3 aromatic rings. The Morgan fingerprint density at radius 1 is 1.00 bits per heavy atom. The standard InChI is InChI=1S/C23H25N5O5S/c1-27(2)18-8-6-7-14(12-18)20-25-26-23(28(20)3)34-13-19(29)24-17-10-15(21(30)32-4)9-16(11-17)22(31)33-5/h6-12H,13H2,1-5H3,(H,24,29). The van der Waals surface area contributed by atoms with Crippen LogP contribution in [0.5, 0.6) is 0 Å². The molecule has 0 aliphatic rings. The molecule has 1 N–H and O–H groups in total. The molecule has 0 unspecified atom stereocenters. The van der Waals surface area contributed by atoms with Gasteiger partial charge in [-0.05, 0) is 30.3 Å². The van der Waals surface area contributed by atoms with E-state index in [1.807, 2.05) is 54.9 Å². The molecule has 0 atom stereocenters. The first-order valence-corrected chi connectivity index (χ1v) is 11.1. The van der Waals surface area contributed by atoms with Crippen molar-refractivity contribution in [3.8, 4) is 11.4 Å². The van der Waals surface area contributed by atoms with Crippen LogP contribution in [0.1, 0.15) is 20.7 Å². The number of carbonyl (C=O) groups excluding carboxylic acids is 3. The topological polar surface area (TPSA) is 116 Å². The van der Waals surface area contributed by atoms with Crippen LogP contribution in [0.15, 0.2) is 47.6 Å². The van der Waals surface area contributed by atoms with Gasteiger partial charge in [0, 0.05) is 38.1 Å². The van der Waals surface area contributed by atoms with Crippen LogP contribution in [0.3, 0.4) is 0 Å². The van der Waals surface area contributed by atoms with Crippen LogP contribution < -0.4 is 10.2 Å². The van der Waals surface area contributed by atoms with Crippen LogP contribution >= 0.6 is 11.8 Å². The molecule has 1 aromatic heterocycles. The van der Waals surface area contributed by atoms with Gasteiger partial charge in [0.2, 0.25) is 5.91 Å². The van der Waals surface area contributed by atoms with Crippen molar-refractivity contribution >= 4 is 41.0 Å². The van der Waals surface area contributed by atoms with Gasteiger partial charge in [-0.25, -0.2) is 9.59 Å². The van der Waals surface area contributed by atoms with E-state index < -0.39 is 11.9 Å². The molecule has 0 saturated carbocycles. The Hall–Kier alpha value is -3.86. The van der Waals surface area contributed by atoms with Crippen LogP contribution in [0, 0.1) is 0 Å². The summed E-state index contributed by atoms with van der Waals surface area (Å²) in [5, 5.41) is 11.7. The second kappa shape index (κ2) is 10.8. The predicted octanol–water partition coefficient (Wildman–Crippen LogP) is 2.85. The molecular weight excluding hydrogens is 458 g/mol. The van der Waals surface area contributed by atoms with E-state index in [0.29, 0.717) is 11.0 Å². The number of carbonyl (C=O) groups is 3. The minimum absolute atomic E-state index is 0.0414. The third-order valence-electron chi connectivity index (χ3n) is 4.85. The van der Waals surface area contributed by atoms with Gasteiger partial charge < -0.3 is 24.3 Å². The van der Waals surface area contributed by atoms with E-state index in [-0.39, 0.29) is 28.5 Å². The fourth-order valence-corrected chi connectivity index (χ4v) is 3.82. The Labute approximate surface area is 201 Å². The van der Waals surface area contributed by atoms with Crippen molar-refractivity contribution in [1.82, 2.24) is 14.8 Å². The smallest absolute Gasteiger partial charge is 0.337 e. The van der Waals surface area contributed by atoms with Gasteiger partial charge in [-0.2, -0.15) is 0 Å². The van der Waals surface area contributed by atoms with E-state index in [1.54, 1.807) is 0 Å². The van der Waals surface area contributed by atoms with Crippen molar-refractivity contribution < 1.29 is 23.9 Å². The molecule has 1 heterocycles. The summed E-state index contributed by atoms with van der Waals surface area (Å²) < 4.78 is 11.2. The van der Waals surface area contributed by atoms with Gasteiger partial charge in [-0.15, -0.1) is 10.2 Å². The zero-order valence-electron chi connectivity index (χ0n) is 19.5. The molecule has 0 radical (unpaired) electrons. The highest BCUT2D eigenvalue weighted by Gasteiger charge is 2.17. The number of rotatable bonds is 8. The molecule has 0 aliphatic carbocycles. The predicted molar refractivity (Wildman–Crippen MR) is 129 cm³/mol. The number of thioether (sulfide) groups is 1. The first kappa shape index (κ1) is 24.8. The van der Waals surface area contributed by atoms with Gasteiger partial charge in [0.1, 0.15) is 0 Å². The Balaban J connectivity index is 1.72. The molecular formula is C23H25N5O5S. The Morgan fingerprint density at radius 3 is 2.24 bits per heavy atom. The van der Waals surface area contributed by atoms with Gasteiger partial charge in [-0.3, -0.25) is 4.79 Å². The number of methoxy groups -OCH3 is 2. The zero-order chi connectivity index (χ0) is 24.8. The second-order valence-electron chi connectivity index (χ2n) is 7.43. The summed E-state index contributed by atoms with van der Waals surface area (Å²) >= 11 is 1.21. The van der Waals surface area contributed by atoms with Gasteiger partial charge in [-0.1, -0.05) is 23.9 Å². The van der Waals surface area contributed by atoms with Crippen molar-refractivity contribution in [1.29, 1.82) is 0 Å². The molecule has 0 spiro atoms. The van der Waals surface area contributed by atoms with E-state index in [9.17, 15) is 14.4 Å². The monoisotopic (exact) mass is 483 g/mol. The number of benzene rings is 2. The molecule has 178 valence electrons. The van der Waals surface area contributed by atoms with Crippen LogP contribution in [0.2, 0.25) is 0 Å². The third kappa shape index (κ3) is 5.73. The van der Waals surface area contributed by atoms with Crippen LogP contribution in [0.4, 0.5) is 11.4 Å². The number of amides is 1. The van der Waals surface area contributed by atoms with Crippen molar-refractivity contribution in [2.24, 2.45) is 7.05 Å². The maximum absolute atomic E-state index is 12.6. The van der Waals surface area contributed by atoms with E-state index in [0.717, 1.165) is 11.3 Å². The number of aromatic nitrogens is 3. The second-order valence-corrected chi connectivity index (χ2v) is 8.37. The van der Waals surface area contributed by atoms with E-state index >= 15 is 0 Å². The van der Waals surface area contributed by atoms with Gasteiger partial charge in [0.15, 0.2) is 11.0 Å². The minimum Gasteiger partial charge on any atom is -0.465 e. The quantitative estimate of drug-likeness (QED) is 0.381. The van der Waals surface area contributed by atoms with Crippen LogP contribution in [-0.4, -0.2) is 66.7 Å². The average molecular weight is 484 g/mol. The number of esters is 2. The summed E-state index contributed by atoms with van der Waals surface area (Å²) in [4.78, 5) is 38.4. The van der Waals surface area contributed by atoms with Crippen LogP contribution in [-0.2, 0) is 21.3 Å². The molecule has 34 heavy (non-hydrogen) atoms. The maximum atomic E-state index is 12.6. The molecule has 3 rings (SSSR count). The fraction of sp³-hybridized carbons (Fsp3) is 0.261. The highest BCUT2D eigenvalue weighted by molar-refractivity contribution is 7.99. The first-order valence-electron chi connectivity index (χ1n) is 10.1. The summed E-state index contributed by atoms with van der Waals surface area (Å²) in [6.07, 6.45) is 0. The molecule has 0 aliphatic heterocycles. The highest BCUT2D eigenvalue weighted by Crippen LogP contribution is 2.26. The number of nitrogens with one attached hydrogen (secondary N) is 1. The molecule has 0 fully saturated rings. The molecule has 11 heteroatoms. The van der Waals surface area contributed by atoms with E-state index in [2.05, 4.69) is 15.5 Å². The first-order chi connectivity index (χ1) is 16.2. The lowest BCUT2D eigenvalue weighted by Crippen LogP contribution is -2.16. The summed E-state index contributed by atoms with van der Waals surface area (Å²) in [5.74, 6) is -0.900. The lowest BCUT2D eigenvalue weighted by Gasteiger charge is -2.13. The third-order valence-corrected chi connectivity index (χ3v) is 5.87. The number of hydrogen-bond donors (Lipinski definition) is 1. The molecule has 0 saturated heterocycles. The average Bonchev–Trinajstić information content (AvgIpc) is 3.21.